The van der Waals surface area contributed by atoms with E-state index in [1.54, 1.807) is 0 Å². The highest BCUT2D eigenvalue weighted by molar-refractivity contribution is 8.00. The highest BCUT2D eigenvalue weighted by Gasteiger charge is 2.18. The Bertz CT molecular complexity index is 299. The zero-order chi connectivity index (χ0) is 10.7. The minimum absolute atomic E-state index is 0.458. The van der Waals surface area contributed by atoms with E-state index in [9.17, 15) is 0 Å². The minimum Gasteiger partial charge on any atom is -0.328 e. The smallest absolute Gasteiger partial charge is 0.00955 e. The molecule has 15 heavy (non-hydrogen) atoms. The SMILES string of the molecule is Cc1ccc(SC2CCC(N)CC2)cc1. The highest BCUT2D eigenvalue weighted by atomic mass is 32.2. The molecule has 1 aliphatic rings. The van der Waals surface area contributed by atoms with E-state index in [4.69, 9.17) is 5.73 Å². The van der Waals surface area contributed by atoms with Gasteiger partial charge in [-0.15, -0.1) is 11.8 Å². The largest absolute Gasteiger partial charge is 0.328 e. The standard InChI is InChI=1S/C13H19NS/c1-10-2-6-12(7-3-10)15-13-8-4-11(14)5-9-13/h2-3,6-7,11,13H,4-5,8-9,14H2,1H3. The summed E-state index contributed by atoms with van der Waals surface area (Å²) >= 11 is 2.02. The summed E-state index contributed by atoms with van der Waals surface area (Å²) in [6.45, 7) is 2.13. The maximum absolute atomic E-state index is 5.90. The molecule has 1 aromatic rings. The fourth-order valence-corrected chi connectivity index (χ4v) is 3.20. The van der Waals surface area contributed by atoms with E-state index in [0.29, 0.717) is 6.04 Å². The van der Waals surface area contributed by atoms with Gasteiger partial charge in [-0.2, -0.15) is 0 Å². The fraction of sp³-hybridized carbons (Fsp3) is 0.538. The third-order valence-corrected chi connectivity index (χ3v) is 4.39. The predicted octanol–water partition coefficient (Wildman–Crippen LogP) is 3.36. The molecular formula is C13H19NS. The van der Waals surface area contributed by atoms with E-state index < -0.39 is 0 Å². The molecule has 0 radical (unpaired) electrons. The van der Waals surface area contributed by atoms with Gasteiger partial charge in [0.05, 0.1) is 0 Å². The maximum atomic E-state index is 5.90. The summed E-state index contributed by atoms with van der Waals surface area (Å²) in [6, 6.07) is 9.30. The van der Waals surface area contributed by atoms with Crippen LogP contribution in [0.2, 0.25) is 0 Å². The molecule has 0 atom stereocenters. The highest BCUT2D eigenvalue weighted by Crippen LogP contribution is 2.33. The first-order chi connectivity index (χ1) is 7.24. The van der Waals surface area contributed by atoms with E-state index in [2.05, 4.69) is 31.2 Å². The Hall–Kier alpha value is -0.470. The zero-order valence-corrected chi connectivity index (χ0v) is 10.1. The van der Waals surface area contributed by atoms with Crippen molar-refractivity contribution >= 4 is 11.8 Å². The molecule has 0 unspecified atom stereocenters. The van der Waals surface area contributed by atoms with Gasteiger partial charge in [-0.25, -0.2) is 0 Å². The Balaban J connectivity index is 1.89. The molecule has 0 heterocycles. The molecule has 1 saturated carbocycles. The lowest BCUT2D eigenvalue weighted by Crippen LogP contribution is -2.27. The molecule has 1 aromatic carbocycles. The molecule has 0 spiro atoms. The molecule has 0 amide bonds. The zero-order valence-electron chi connectivity index (χ0n) is 9.28. The van der Waals surface area contributed by atoms with Crippen LogP contribution in [0.15, 0.2) is 29.2 Å². The molecule has 2 rings (SSSR count). The van der Waals surface area contributed by atoms with E-state index in [1.807, 2.05) is 11.8 Å². The summed E-state index contributed by atoms with van der Waals surface area (Å²) < 4.78 is 0. The molecule has 1 aliphatic carbocycles. The van der Waals surface area contributed by atoms with Crippen molar-refractivity contribution in [3.05, 3.63) is 29.8 Å². The van der Waals surface area contributed by atoms with E-state index in [-0.39, 0.29) is 0 Å². The van der Waals surface area contributed by atoms with E-state index in [0.717, 1.165) is 5.25 Å². The van der Waals surface area contributed by atoms with Crippen LogP contribution in [-0.2, 0) is 0 Å². The van der Waals surface area contributed by atoms with Crippen LogP contribution >= 0.6 is 11.8 Å². The number of aryl methyl sites for hydroxylation is 1. The average Bonchev–Trinajstić information content (AvgIpc) is 2.25. The topological polar surface area (TPSA) is 26.0 Å². The quantitative estimate of drug-likeness (QED) is 0.828. The lowest BCUT2D eigenvalue weighted by atomic mass is 9.96. The van der Waals surface area contributed by atoms with Crippen molar-refractivity contribution in [1.29, 1.82) is 0 Å². The summed E-state index contributed by atoms with van der Waals surface area (Å²) in [7, 11) is 0. The monoisotopic (exact) mass is 221 g/mol. The Morgan fingerprint density at radius 2 is 1.67 bits per heavy atom. The first-order valence-corrected chi connectivity index (χ1v) is 6.61. The van der Waals surface area contributed by atoms with Crippen molar-refractivity contribution in [1.82, 2.24) is 0 Å². The molecule has 2 N–H and O–H groups in total. The molecule has 1 fully saturated rings. The molecule has 0 aliphatic heterocycles. The van der Waals surface area contributed by atoms with Gasteiger partial charge in [0.2, 0.25) is 0 Å². The van der Waals surface area contributed by atoms with Crippen molar-refractivity contribution in [2.75, 3.05) is 0 Å². The normalized spacial score (nSPS) is 26.5. The van der Waals surface area contributed by atoms with Crippen LogP contribution in [0.3, 0.4) is 0 Å². The van der Waals surface area contributed by atoms with Gasteiger partial charge in [0.1, 0.15) is 0 Å². The van der Waals surface area contributed by atoms with Gasteiger partial charge in [-0.05, 0) is 44.7 Å². The molecule has 1 nitrogen and oxygen atoms in total. The molecular weight excluding hydrogens is 202 g/mol. The maximum Gasteiger partial charge on any atom is 0.00955 e. The van der Waals surface area contributed by atoms with Gasteiger partial charge < -0.3 is 5.73 Å². The molecule has 0 saturated heterocycles. The second-order valence-electron chi connectivity index (χ2n) is 4.47. The van der Waals surface area contributed by atoms with Crippen molar-refractivity contribution in [3.63, 3.8) is 0 Å². The van der Waals surface area contributed by atoms with Crippen molar-refractivity contribution < 1.29 is 0 Å². The van der Waals surface area contributed by atoms with Crippen molar-refractivity contribution in [3.8, 4) is 0 Å². The van der Waals surface area contributed by atoms with Crippen LogP contribution in [0.4, 0.5) is 0 Å². The third kappa shape index (κ3) is 3.25. The minimum atomic E-state index is 0.458. The fourth-order valence-electron chi connectivity index (χ4n) is 2.02. The number of benzene rings is 1. The van der Waals surface area contributed by atoms with Crippen molar-refractivity contribution in [2.24, 2.45) is 5.73 Å². The molecule has 0 aromatic heterocycles. The number of rotatable bonds is 2. The van der Waals surface area contributed by atoms with Crippen LogP contribution in [0.25, 0.3) is 0 Å². The summed E-state index contributed by atoms with van der Waals surface area (Å²) in [5, 5.41) is 0.785. The molecule has 0 bridgehead atoms. The number of hydrogen-bond donors (Lipinski definition) is 1. The number of thioether (sulfide) groups is 1. The first-order valence-electron chi connectivity index (χ1n) is 5.73. The summed E-state index contributed by atoms with van der Waals surface area (Å²) in [6.07, 6.45) is 4.95. The van der Waals surface area contributed by atoms with Gasteiger partial charge in [0.25, 0.3) is 0 Å². The Kier molecular flexibility index (Phi) is 3.71. The Morgan fingerprint density at radius 1 is 1.07 bits per heavy atom. The van der Waals surface area contributed by atoms with Gasteiger partial charge in [0.15, 0.2) is 0 Å². The van der Waals surface area contributed by atoms with Crippen molar-refractivity contribution in [2.45, 2.75) is 48.8 Å². The van der Waals surface area contributed by atoms with Crippen LogP contribution in [0.1, 0.15) is 31.2 Å². The molecule has 2 heteroatoms. The summed E-state index contributed by atoms with van der Waals surface area (Å²) in [4.78, 5) is 1.40. The Morgan fingerprint density at radius 3 is 2.27 bits per heavy atom. The predicted molar refractivity (Wildman–Crippen MR) is 67.3 cm³/mol. The van der Waals surface area contributed by atoms with Crippen LogP contribution in [-0.4, -0.2) is 11.3 Å². The Labute approximate surface area is 96.4 Å². The van der Waals surface area contributed by atoms with Crippen LogP contribution < -0.4 is 5.73 Å². The van der Waals surface area contributed by atoms with Crippen LogP contribution in [0, 0.1) is 6.92 Å². The lowest BCUT2D eigenvalue weighted by Gasteiger charge is -2.25. The second kappa shape index (κ2) is 5.04. The van der Waals surface area contributed by atoms with Gasteiger partial charge in [-0.1, -0.05) is 17.7 Å². The van der Waals surface area contributed by atoms with Gasteiger partial charge in [-0.3, -0.25) is 0 Å². The third-order valence-electron chi connectivity index (χ3n) is 3.04. The average molecular weight is 221 g/mol. The first kappa shape index (κ1) is 11.0. The molecule has 82 valence electrons. The van der Waals surface area contributed by atoms with E-state index >= 15 is 0 Å². The number of hydrogen-bond acceptors (Lipinski definition) is 2. The second-order valence-corrected chi connectivity index (χ2v) is 5.84. The summed E-state index contributed by atoms with van der Waals surface area (Å²) in [5.74, 6) is 0. The van der Waals surface area contributed by atoms with Gasteiger partial charge in [0, 0.05) is 16.2 Å². The summed E-state index contributed by atoms with van der Waals surface area (Å²) in [5.41, 5.74) is 7.24. The van der Waals surface area contributed by atoms with Gasteiger partial charge >= 0.3 is 0 Å². The lowest BCUT2D eigenvalue weighted by molar-refractivity contribution is 0.451. The van der Waals surface area contributed by atoms with E-state index in [1.165, 1.54) is 36.1 Å². The van der Waals surface area contributed by atoms with Crippen LogP contribution in [0.5, 0.6) is 0 Å². The number of nitrogens with two attached hydrogens (primary N) is 1.